The molecule has 150 valence electrons. The first-order chi connectivity index (χ1) is 14.5. The molecule has 0 aliphatic heterocycles. The average molecular weight is 438 g/mol. The second kappa shape index (κ2) is 8.48. The first-order valence-corrected chi connectivity index (χ1v) is 10.2. The van der Waals surface area contributed by atoms with Crippen molar-refractivity contribution in [1.29, 1.82) is 0 Å². The van der Waals surface area contributed by atoms with Gasteiger partial charge in [-0.25, -0.2) is 4.98 Å². The lowest BCUT2D eigenvalue weighted by Crippen LogP contribution is -2.15. The maximum absolute atomic E-state index is 12.6. The van der Waals surface area contributed by atoms with E-state index in [-0.39, 0.29) is 28.1 Å². The van der Waals surface area contributed by atoms with Crippen LogP contribution in [0.1, 0.15) is 20.8 Å². The number of nitrogens with zero attached hydrogens (tertiary/aromatic N) is 3. The number of para-hydroxylation sites is 1. The third kappa shape index (κ3) is 4.40. The van der Waals surface area contributed by atoms with Crippen LogP contribution < -0.4 is 10.6 Å². The van der Waals surface area contributed by atoms with E-state index in [0.29, 0.717) is 16.4 Å². The van der Waals surface area contributed by atoms with Crippen LogP contribution in [0.5, 0.6) is 0 Å². The monoisotopic (exact) mass is 437 g/mol. The van der Waals surface area contributed by atoms with E-state index in [4.69, 9.17) is 11.6 Å². The zero-order valence-corrected chi connectivity index (χ0v) is 17.4. The van der Waals surface area contributed by atoms with Gasteiger partial charge < -0.3 is 10.6 Å². The van der Waals surface area contributed by atoms with Gasteiger partial charge in [0.25, 0.3) is 11.8 Å². The molecule has 4 aromatic rings. The summed E-state index contributed by atoms with van der Waals surface area (Å²) in [4.78, 5) is 29.5. The van der Waals surface area contributed by atoms with Crippen molar-refractivity contribution in [3.8, 4) is 10.6 Å². The second-order valence-corrected chi connectivity index (χ2v) is 7.67. The zero-order chi connectivity index (χ0) is 21.1. The lowest BCUT2D eigenvalue weighted by molar-refractivity contribution is 0.101. The van der Waals surface area contributed by atoms with E-state index in [1.54, 1.807) is 40.5 Å². The van der Waals surface area contributed by atoms with Gasteiger partial charge in [-0.15, -0.1) is 11.3 Å². The number of anilines is 2. The van der Waals surface area contributed by atoms with Gasteiger partial charge in [0.2, 0.25) is 0 Å². The topological polar surface area (TPSA) is 88.9 Å². The summed E-state index contributed by atoms with van der Waals surface area (Å²) in [7, 11) is 1.82. The van der Waals surface area contributed by atoms with Gasteiger partial charge in [-0.2, -0.15) is 5.10 Å². The van der Waals surface area contributed by atoms with Gasteiger partial charge in [0.05, 0.1) is 16.8 Å². The van der Waals surface area contributed by atoms with Gasteiger partial charge in [0.15, 0.2) is 0 Å². The maximum atomic E-state index is 12.6. The summed E-state index contributed by atoms with van der Waals surface area (Å²) in [6, 6.07) is 13.8. The van der Waals surface area contributed by atoms with E-state index in [9.17, 15) is 9.59 Å². The first kappa shape index (κ1) is 19.8. The lowest BCUT2D eigenvalue weighted by Gasteiger charge is -2.09. The Bertz CT molecular complexity index is 1220. The van der Waals surface area contributed by atoms with Crippen LogP contribution in [0, 0.1) is 0 Å². The SMILES string of the molecule is Cn1cc(-c2nc(C(=O)Nc3ccc(Cl)c(C(=O)Nc4ccccc4)c3)cs2)cn1. The Morgan fingerprint density at radius 3 is 2.53 bits per heavy atom. The molecule has 0 atom stereocenters. The fourth-order valence-electron chi connectivity index (χ4n) is 2.73. The van der Waals surface area contributed by atoms with Gasteiger partial charge >= 0.3 is 0 Å². The molecule has 2 aromatic heterocycles. The summed E-state index contributed by atoms with van der Waals surface area (Å²) >= 11 is 7.55. The Morgan fingerprint density at radius 1 is 1.03 bits per heavy atom. The largest absolute Gasteiger partial charge is 0.322 e. The summed E-state index contributed by atoms with van der Waals surface area (Å²) < 4.78 is 1.67. The van der Waals surface area contributed by atoms with Crippen molar-refractivity contribution in [3.05, 3.63) is 82.6 Å². The summed E-state index contributed by atoms with van der Waals surface area (Å²) in [5.74, 6) is -0.743. The van der Waals surface area contributed by atoms with E-state index in [0.717, 1.165) is 5.56 Å². The smallest absolute Gasteiger partial charge is 0.275 e. The quantitative estimate of drug-likeness (QED) is 0.473. The molecule has 0 bridgehead atoms. The molecule has 0 saturated carbocycles. The second-order valence-electron chi connectivity index (χ2n) is 6.41. The molecule has 0 spiro atoms. The van der Waals surface area contributed by atoms with Crippen LogP contribution in [-0.4, -0.2) is 26.6 Å². The van der Waals surface area contributed by atoms with Crippen LogP contribution in [0.25, 0.3) is 10.6 Å². The van der Waals surface area contributed by atoms with Crippen molar-refractivity contribution in [3.63, 3.8) is 0 Å². The van der Waals surface area contributed by atoms with Crippen LogP contribution in [0.4, 0.5) is 11.4 Å². The molecule has 30 heavy (non-hydrogen) atoms. The third-order valence-electron chi connectivity index (χ3n) is 4.19. The third-order valence-corrected chi connectivity index (χ3v) is 5.41. The number of hydrogen-bond donors (Lipinski definition) is 2. The molecular formula is C21H16ClN5O2S. The number of halogens is 1. The molecule has 0 aliphatic rings. The van der Waals surface area contributed by atoms with E-state index in [2.05, 4.69) is 20.7 Å². The molecule has 0 radical (unpaired) electrons. The van der Waals surface area contributed by atoms with Crippen LogP contribution >= 0.6 is 22.9 Å². The number of hydrogen-bond acceptors (Lipinski definition) is 5. The van der Waals surface area contributed by atoms with Gasteiger partial charge in [-0.3, -0.25) is 14.3 Å². The van der Waals surface area contributed by atoms with Gasteiger partial charge in [-0.1, -0.05) is 29.8 Å². The minimum absolute atomic E-state index is 0.257. The minimum Gasteiger partial charge on any atom is -0.322 e. The van der Waals surface area contributed by atoms with E-state index in [1.807, 2.05) is 31.4 Å². The number of rotatable bonds is 5. The molecule has 2 heterocycles. The van der Waals surface area contributed by atoms with Crippen LogP contribution in [0.15, 0.2) is 66.3 Å². The highest BCUT2D eigenvalue weighted by Crippen LogP contribution is 2.25. The number of thiazole rings is 1. The Hall–Kier alpha value is -3.49. The Kier molecular flexibility index (Phi) is 5.60. The molecule has 0 fully saturated rings. The number of amides is 2. The van der Waals surface area contributed by atoms with E-state index < -0.39 is 0 Å². The molecule has 2 amide bonds. The first-order valence-electron chi connectivity index (χ1n) is 8.91. The molecule has 0 aliphatic carbocycles. The Balaban J connectivity index is 1.49. The average Bonchev–Trinajstić information content (AvgIpc) is 3.39. The molecule has 4 rings (SSSR count). The predicted octanol–water partition coefficient (Wildman–Crippen LogP) is 4.70. The Morgan fingerprint density at radius 2 is 1.80 bits per heavy atom. The standard InChI is InChI=1S/C21H16ClN5O2S/c1-27-11-13(10-23-27)21-26-18(12-30-21)20(29)25-15-7-8-17(22)16(9-15)19(28)24-14-5-3-2-4-6-14/h2-12H,1H3,(H,24,28)(H,25,29). The van der Waals surface area contributed by atoms with Crippen LogP contribution in [0.2, 0.25) is 5.02 Å². The van der Waals surface area contributed by atoms with Crippen LogP contribution in [-0.2, 0) is 7.05 Å². The fourth-order valence-corrected chi connectivity index (χ4v) is 3.71. The van der Waals surface area contributed by atoms with Gasteiger partial charge in [0.1, 0.15) is 10.7 Å². The summed E-state index contributed by atoms with van der Waals surface area (Å²) in [5, 5.41) is 12.3. The van der Waals surface area contributed by atoms with Crippen molar-refractivity contribution in [2.45, 2.75) is 0 Å². The Labute approximate surface area is 181 Å². The number of carbonyl (C=O) groups excluding carboxylic acids is 2. The number of carbonyl (C=O) groups is 2. The van der Waals surface area contributed by atoms with E-state index in [1.165, 1.54) is 17.4 Å². The van der Waals surface area contributed by atoms with Crippen molar-refractivity contribution >= 4 is 46.1 Å². The minimum atomic E-state index is -0.377. The van der Waals surface area contributed by atoms with Crippen molar-refractivity contribution in [2.24, 2.45) is 7.05 Å². The van der Waals surface area contributed by atoms with E-state index >= 15 is 0 Å². The normalized spacial score (nSPS) is 10.6. The molecule has 0 saturated heterocycles. The highest BCUT2D eigenvalue weighted by Gasteiger charge is 2.16. The van der Waals surface area contributed by atoms with Crippen molar-refractivity contribution in [1.82, 2.24) is 14.8 Å². The predicted molar refractivity (Wildman–Crippen MR) is 118 cm³/mol. The molecule has 7 nitrogen and oxygen atoms in total. The van der Waals surface area contributed by atoms with Crippen molar-refractivity contribution < 1.29 is 9.59 Å². The highest BCUT2D eigenvalue weighted by atomic mass is 35.5. The lowest BCUT2D eigenvalue weighted by atomic mass is 10.1. The molecule has 0 unspecified atom stereocenters. The highest BCUT2D eigenvalue weighted by molar-refractivity contribution is 7.13. The molecule has 2 N–H and O–H groups in total. The molecule has 2 aromatic carbocycles. The summed E-state index contributed by atoms with van der Waals surface area (Å²) in [6.45, 7) is 0. The molecule has 9 heteroatoms. The zero-order valence-electron chi connectivity index (χ0n) is 15.8. The van der Waals surface area contributed by atoms with Gasteiger partial charge in [0, 0.05) is 35.6 Å². The number of aryl methyl sites for hydroxylation is 1. The number of nitrogens with one attached hydrogen (secondary N) is 2. The summed E-state index contributed by atoms with van der Waals surface area (Å²) in [6.07, 6.45) is 3.52. The summed E-state index contributed by atoms with van der Waals surface area (Å²) in [5.41, 5.74) is 2.47. The number of aromatic nitrogens is 3. The molecular weight excluding hydrogens is 422 g/mol. The van der Waals surface area contributed by atoms with Gasteiger partial charge in [-0.05, 0) is 30.3 Å². The maximum Gasteiger partial charge on any atom is 0.275 e. The fraction of sp³-hybridized carbons (Fsp3) is 0.0476. The van der Waals surface area contributed by atoms with Crippen molar-refractivity contribution in [2.75, 3.05) is 10.6 Å². The van der Waals surface area contributed by atoms with Crippen LogP contribution in [0.3, 0.4) is 0 Å². The number of benzene rings is 2.